The lowest BCUT2D eigenvalue weighted by atomic mass is 10.3. The first-order valence-corrected chi connectivity index (χ1v) is 8.71. The van der Waals surface area contributed by atoms with Crippen molar-refractivity contribution in [2.24, 2.45) is 0 Å². The van der Waals surface area contributed by atoms with Crippen LogP contribution in [0.15, 0.2) is 29.2 Å². The predicted octanol–water partition coefficient (Wildman–Crippen LogP) is 0.980. The summed E-state index contributed by atoms with van der Waals surface area (Å²) in [6.07, 6.45) is 0.320. The van der Waals surface area contributed by atoms with Crippen LogP contribution in [0.3, 0.4) is 0 Å². The maximum atomic E-state index is 12.0. The highest BCUT2D eigenvalue weighted by molar-refractivity contribution is 8.14. The van der Waals surface area contributed by atoms with E-state index in [4.69, 9.17) is 0 Å². The summed E-state index contributed by atoms with van der Waals surface area (Å²) in [6, 6.07) is 6.12. The second kappa shape index (κ2) is 6.17. The summed E-state index contributed by atoms with van der Waals surface area (Å²) >= 11 is 1.17. The minimum Gasteiger partial charge on any atom is -0.311 e. The zero-order valence-electron chi connectivity index (χ0n) is 11.7. The Hall–Kier alpha value is -1.38. The Bertz CT molecular complexity index is 655. The van der Waals surface area contributed by atoms with Crippen LogP contribution in [-0.4, -0.2) is 38.3 Å². The molecule has 1 atom stereocenters. The first-order chi connectivity index (χ1) is 9.83. The molecule has 1 aliphatic heterocycles. The van der Waals surface area contributed by atoms with Crippen molar-refractivity contribution < 1.29 is 18.0 Å². The highest BCUT2D eigenvalue weighted by Gasteiger charge is 2.31. The van der Waals surface area contributed by atoms with Crippen LogP contribution in [0.4, 0.5) is 5.69 Å². The lowest BCUT2D eigenvalue weighted by molar-refractivity contribution is -0.117. The number of hydrogen-bond donors (Lipinski definition) is 1. The number of carbonyl (C=O) groups is 2. The molecule has 1 heterocycles. The van der Waals surface area contributed by atoms with E-state index in [0.717, 1.165) is 0 Å². The molecule has 0 aromatic heterocycles. The topological polar surface area (TPSA) is 83.6 Å². The Balaban J connectivity index is 2.16. The van der Waals surface area contributed by atoms with E-state index in [9.17, 15) is 18.0 Å². The van der Waals surface area contributed by atoms with Crippen LogP contribution >= 0.6 is 11.8 Å². The van der Waals surface area contributed by atoms with Gasteiger partial charge >= 0.3 is 0 Å². The number of rotatable bonds is 4. The molecule has 8 heteroatoms. The van der Waals surface area contributed by atoms with Gasteiger partial charge in [-0.2, -0.15) is 0 Å². The molecule has 0 bridgehead atoms. The fourth-order valence-corrected chi connectivity index (χ4v) is 3.81. The van der Waals surface area contributed by atoms with E-state index in [1.54, 1.807) is 17.0 Å². The molecule has 1 aliphatic rings. The number of nitrogens with one attached hydrogen (secondary N) is 1. The van der Waals surface area contributed by atoms with E-state index in [1.165, 1.54) is 37.9 Å². The quantitative estimate of drug-likeness (QED) is 0.891. The minimum atomic E-state index is -3.48. The van der Waals surface area contributed by atoms with Crippen molar-refractivity contribution in [3.8, 4) is 0 Å². The number of sulfonamides is 1. The molecule has 114 valence electrons. The normalized spacial score (nSPS) is 19.0. The van der Waals surface area contributed by atoms with Gasteiger partial charge in [-0.1, -0.05) is 11.8 Å². The van der Waals surface area contributed by atoms with Crippen LogP contribution in [0.1, 0.15) is 13.3 Å². The summed E-state index contributed by atoms with van der Waals surface area (Å²) < 4.78 is 25.5. The molecule has 21 heavy (non-hydrogen) atoms. The third-order valence-electron chi connectivity index (χ3n) is 3.15. The van der Waals surface area contributed by atoms with Crippen LogP contribution < -0.4 is 9.62 Å². The number of anilines is 1. The van der Waals surface area contributed by atoms with Gasteiger partial charge < -0.3 is 4.90 Å². The van der Waals surface area contributed by atoms with Crippen LogP contribution in [0.2, 0.25) is 0 Å². The standard InChI is InChI=1S/C13H16N2O4S2/c1-9(16)20-11-7-13(17)15(8-11)10-3-5-12(6-4-10)21(18,19)14-2/h3-6,11,14H,7-8H2,1-2H3. The monoisotopic (exact) mass is 328 g/mol. The second-order valence-electron chi connectivity index (χ2n) is 4.64. The molecule has 2 rings (SSSR count). The van der Waals surface area contributed by atoms with Crippen molar-refractivity contribution in [3.05, 3.63) is 24.3 Å². The lowest BCUT2D eigenvalue weighted by Crippen LogP contribution is -2.25. The molecule has 0 spiro atoms. The Morgan fingerprint density at radius 1 is 1.33 bits per heavy atom. The number of hydrogen-bond acceptors (Lipinski definition) is 5. The fraction of sp³-hybridized carbons (Fsp3) is 0.385. The minimum absolute atomic E-state index is 0.00916. The summed E-state index contributed by atoms with van der Waals surface area (Å²) in [7, 11) is -2.14. The van der Waals surface area contributed by atoms with Gasteiger partial charge in [-0.15, -0.1) is 0 Å². The largest absolute Gasteiger partial charge is 0.311 e. The molecule has 1 fully saturated rings. The van der Waals surface area contributed by atoms with Gasteiger partial charge in [0.15, 0.2) is 5.12 Å². The lowest BCUT2D eigenvalue weighted by Gasteiger charge is -2.16. The maximum Gasteiger partial charge on any atom is 0.240 e. The number of nitrogens with zero attached hydrogens (tertiary/aromatic N) is 1. The highest BCUT2D eigenvalue weighted by Crippen LogP contribution is 2.29. The molecule has 1 amide bonds. The molecule has 1 aromatic rings. The smallest absolute Gasteiger partial charge is 0.240 e. The summed E-state index contributed by atoms with van der Waals surface area (Å²) in [5, 5.41) is -0.0548. The number of amides is 1. The van der Waals surface area contributed by atoms with Crippen LogP contribution in [0.5, 0.6) is 0 Å². The van der Waals surface area contributed by atoms with E-state index in [1.807, 2.05) is 0 Å². The second-order valence-corrected chi connectivity index (χ2v) is 8.01. The van der Waals surface area contributed by atoms with E-state index < -0.39 is 10.0 Å². The van der Waals surface area contributed by atoms with E-state index in [2.05, 4.69) is 4.72 Å². The molecule has 6 nitrogen and oxygen atoms in total. The molecule has 0 saturated carbocycles. The third-order valence-corrected chi connectivity index (χ3v) is 5.56. The van der Waals surface area contributed by atoms with Gasteiger partial charge in [0, 0.05) is 30.8 Å². The molecular weight excluding hydrogens is 312 g/mol. The summed E-state index contributed by atoms with van der Waals surface area (Å²) in [5.41, 5.74) is 0.640. The van der Waals surface area contributed by atoms with Gasteiger partial charge in [0.25, 0.3) is 0 Å². The molecule has 1 aromatic carbocycles. The van der Waals surface area contributed by atoms with E-state index in [-0.39, 0.29) is 21.2 Å². The first-order valence-electron chi connectivity index (χ1n) is 6.34. The van der Waals surface area contributed by atoms with Crippen LogP contribution in [-0.2, 0) is 19.6 Å². The Morgan fingerprint density at radius 3 is 2.48 bits per heavy atom. The summed E-state index contributed by atoms with van der Waals surface area (Å²) in [4.78, 5) is 24.8. The van der Waals surface area contributed by atoms with Gasteiger partial charge in [-0.25, -0.2) is 13.1 Å². The molecule has 0 radical (unpaired) electrons. The number of benzene rings is 1. The predicted molar refractivity (Wildman–Crippen MR) is 81.7 cm³/mol. The van der Waals surface area contributed by atoms with Crippen molar-refractivity contribution >= 4 is 38.5 Å². The average molecular weight is 328 g/mol. The Labute approximate surface area is 127 Å². The van der Waals surface area contributed by atoms with Crippen LogP contribution in [0.25, 0.3) is 0 Å². The van der Waals surface area contributed by atoms with Gasteiger partial charge in [0.1, 0.15) is 0 Å². The highest BCUT2D eigenvalue weighted by atomic mass is 32.2. The van der Waals surface area contributed by atoms with Crippen LogP contribution in [0, 0.1) is 0 Å². The molecular formula is C13H16N2O4S2. The SMILES string of the molecule is CNS(=O)(=O)c1ccc(N2CC(SC(C)=O)CC2=O)cc1. The van der Waals surface area contributed by atoms with Gasteiger partial charge in [0.05, 0.1) is 4.90 Å². The van der Waals surface area contributed by atoms with E-state index >= 15 is 0 Å². The van der Waals surface area contributed by atoms with Crippen molar-refractivity contribution in [1.29, 1.82) is 0 Å². The van der Waals surface area contributed by atoms with Crippen molar-refractivity contribution in [3.63, 3.8) is 0 Å². The number of carbonyl (C=O) groups excluding carboxylic acids is 2. The Kier molecular flexibility index (Phi) is 4.70. The average Bonchev–Trinajstić information content (AvgIpc) is 2.79. The van der Waals surface area contributed by atoms with Crippen molar-refractivity contribution in [2.75, 3.05) is 18.5 Å². The van der Waals surface area contributed by atoms with Crippen molar-refractivity contribution in [1.82, 2.24) is 4.72 Å². The van der Waals surface area contributed by atoms with Gasteiger partial charge in [-0.05, 0) is 31.3 Å². The maximum absolute atomic E-state index is 12.0. The van der Waals surface area contributed by atoms with Gasteiger partial charge in [0.2, 0.25) is 15.9 Å². The van der Waals surface area contributed by atoms with Crippen molar-refractivity contribution in [2.45, 2.75) is 23.5 Å². The zero-order chi connectivity index (χ0) is 15.6. The molecule has 1 saturated heterocycles. The fourth-order valence-electron chi connectivity index (χ4n) is 2.16. The zero-order valence-corrected chi connectivity index (χ0v) is 13.3. The van der Waals surface area contributed by atoms with E-state index in [0.29, 0.717) is 18.7 Å². The summed E-state index contributed by atoms with van der Waals surface area (Å²) in [5.74, 6) is -0.0574. The first kappa shape index (κ1) is 16.0. The molecule has 1 unspecified atom stereocenters. The Morgan fingerprint density at radius 2 is 1.95 bits per heavy atom. The summed E-state index contributed by atoms with van der Waals surface area (Å²) in [6.45, 7) is 1.94. The third kappa shape index (κ3) is 3.63. The molecule has 0 aliphatic carbocycles. The van der Waals surface area contributed by atoms with Gasteiger partial charge in [-0.3, -0.25) is 9.59 Å². The number of thioether (sulfide) groups is 1. The molecule has 1 N–H and O–H groups in total.